The number of carbonyl (C=O) groups excluding carboxylic acids is 2. The highest BCUT2D eigenvalue weighted by Gasteiger charge is 2.28. The van der Waals surface area contributed by atoms with Crippen molar-refractivity contribution in [3.05, 3.63) is 21.9 Å². The van der Waals surface area contributed by atoms with Crippen LogP contribution < -0.4 is 0 Å². The van der Waals surface area contributed by atoms with E-state index < -0.39 is 0 Å². The average Bonchev–Trinajstić information content (AvgIpc) is 3.11. The van der Waals surface area contributed by atoms with Crippen LogP contribution in [0.1, 0.15) is 53.8 Å². The van der Waals surface area contributed by atoms with Crippen LogP contribution in [0.5, 0.6) is 0 Å². The van der Waals surface area contributed by atoms with E-state index in [0.29, 0.717) is 49.0 Å². The van der Waals surface area contributed by atoms with E-state index in [9.17, 15) is 9.59 Å². The predicted molar refractivity (Wildman–Crippen MR) is 92.7 cm³/mol. The Labute approximate surface area is 146 Å². The van der Waals surface area contributed by atoms with E-state index in [0.717, 1.165) is 0 Å². The van der Waals surface area contributed by atoms with Crippen LogP contribution in [-0.4, -0.2) is 47.8 Å². The Hall–Kier alpha value is -1.87. The van der Waals surface area contributed by atoms with Crippen LogP contribution in [0.2, 0.25) is 0 Å². The molecule has 24 heavy (non-hydrogen) atoms. The van der Waals surface area contributed by atoms with Crippen LogP contribution >= 0.6 is 11.3 Å². The molecule has 0 radical (unpaired) electrons. The number of carbonyl (C=O) groups is 2. The molecule has 3 rings (SSSR count). The second-order valence-corrected chi connectivity index (χ2v) is 7.57. The number of hydrogen-bond acceptors (Lipinski definition) is 4. The molecule has 2 heterocycles. The molecule has 1 aromatic rings. The van der Waals surface area contributed by atoms with Crippen LogP contribution in [0, 0.1) is 17.2 Å². The van der Waals surface area contributed by atoms with E-state index in [-0.39, 0.29) is 11.8 Å². The molecule has 2 fully saturated rings. The number of nitriles is 1. The molecule has 0 bridgehead atoms. The first kappa shape index (κ1) is 17.0. The summed E-state index contributed by atoms with van der Waals surface area (Å²) in [7, 11) is 0. The van der Waals surface area contributed by atoms with Crippen molar-refractivity contribution in [2.45, 2.75) is 38.5 Å². The summed E-state index contributed by atoms with van der Waals surface area (Å²) in [6.45, 7) is 2.31. The fraction of sp³-hybridized carbons (Fsp3) is 0.611. The molecule has 6 heteroatoms. The Kier molecular flexibility index (Phi) is 5.52. The van der Waals surface area contributed by atoms with E-state index in [4.69, 9.17) is 5.26 Å². The van der Waals surface area contributed by atoms with Crippen molar-refractivity contribution in [1.82, 2.24) is 9.80 Å². The minimum atomic E-state index is -0.0825. The quantitative estimate of drug-likeness (QED) is 0.846. The first-order chi connectivity index (χ1) is 11.7. The lowest BCUT2D eigenvalue weighted by Crippen LogP contribution is -2.50. The van der Waals surface area contributed by atoms with Crippen LogP contribution in [0.15, 0.2) is 11.4 Å². The Balaban J connectivity index is 1.51. The number of thiophene rings is 1. The molecule has 5 nitrogen and oxygen atoms in total. The van der Waals surface area contributed by atoms with Gasteiger partial charge in [0.15, 0.2) is 0 Å². The summed E-state index contributed by atoms with van der Waals surface area (Å²) in [4.78, 5) is 29.1. The highest BCUT2D eigenvalue weighted by atomic mass is 32.1. The molecule has 2 aliphatic rings. The van der Waals surface area contributed by atoms with Crippen LogP contribution in [-0.2, 0) is 4.79 Å². The number of piperazine rings is 1. The maximum atomic E-state index is 12.5. The summed E-state index contributed by atoms with van der Waals surface area (Å²) < 4.78 is 0. The van der Waals surface area contributed by atoms with Crippen molar-refractivity contribution < 1.29 is 9.59 Å². The fourth-order valence-electron chi connectivity index (χ4n) is 3.63. The van der Waals surface area contributed by atoms with E-state index in [1.807, 2.05) is 4.90 Å². The van der Waals surface area contributed by atoms with E-state index in [1.54, 1.807) is 16.3 Å². The molecular formula is C18H23N3O2S. The summed E-state index contributed by atoms with van der Waals surface area (Å²) >= 11 is 1.31. The zero-order chi connectivity index (χ0) is 16.9. The predicted octanol–water partition coefficient (Wildman–Crippen LogP) is 2.87. The first-order valence-electron chi connectivity index (χ1n) is 8.73. The van der Waals surface area contributed by atoms with Crippen molar-refractivity contribution in [1.29, 1.82) is 5.26 Å². The molecule has 1 aliphatic heterocycles. The first-order valence-corrected chi connectivity index (χ1v) is 9.61. The molecule has 1 saturated heterocycles. The van der Waals surface area contributed by atoms with Gasteiger partial charge in [-0.1, -0.05) is 19.3 Å². The summed E-state index contributed by atoms with van der Waals surface area (Å²) in [5.41, 5.74) is 0.445. The zero-order valence-corrected chi connectivity index (χ0v) is 14.7. The standard InChI is InChI=1S/C18H23N3O2S/c19-13-15-6-11-24-17(15)18(23)21-9-7-20(8-10-21)16(22)12-14-4-2-1-3-5-14/h6,11,14H,1-5,7-10,12H2. The van der Waals surface area contributed by atoms with Gasteiger partial charge in [0.2, 0.25) is 5.91 Å². The van der Waals surface area contributed by atoms with E-state index in [1.165, 1.54) is 43.4 Å². The highest BCUT2D eigenvalue weighted by molar-refractivity contribution is 7.12. The molecular weight excluding hydrogens is 322 g/mol. The van der Waals surface area contributed by atoms with Crippen molar-refractivity contribution >= 4 is 23.2 Å². The van der Waals surface area contributed by atoms with Crippen molar-refractivity contribution in [2.24, 2.45) is 5.92 Å². The van der Waals surface area contributed by atoms with Crippen molar-refractivity contribution in [3.63, 3.8) is 0 Å². The van der Waals surface area contributed by atoms with Gasteiger partial charge in [-0.05, 0) is 30.2 Å². The average molecular weight is 345 g/mol. The maximum absolute atomic E-state index is 12.5. The minimum Gasteiger partial charge on any atom is -0.339 e. The van der Waals surface area contributed by atoms with Gasteiger partial charge < -0.3 is 9.80 Å². The monoisotopic (exact) mass is 345 g/mol. The minimum absolute atomic E-state index is 0.0825. The lowest BCUT2D eigenvalue weighted by atomic mass is 9.86. The van der Waals surface area contributed by atoms with Gasteiger partial charge in [0, 0.05) is 32.6 Å². The molecule has 0 aromatic carbocycles. The van der Waals surface area contributed by atoms with Gasteiger partial charge in [0.05, 0.1) is 5.56 Å². The second-order valence-electron chi connectivity index (χ2n) is 6.66. The Morgan fingerprint density at radius 3 is 2.46 bits per heavy atom. The zero-order valence-electron chi connectivity index (χ0n) is 13.9. The van der Waals surface area contributed by atoms with Gasteiger partial charge in [0.1, 0.15) is 10.9 Å². The highest BCUT2D eigenvalue weighted by Crippen LogP contribution is 2.27. The van der Waals surface area contributed by atoms with Gasteiger partial charge in [0.25, 0.3) is 5.91 Å². The molecule has 0 unspecified atom stereocenters. The van der Waals surface area contributed by atoms with Crippen molar-refractivity contribution in [2.75, 3.05) is 26.2 Å². The largest absolute Gasteiger partial charge is 0.339 e. The number of amides is 2. The van der Waals surface area contributed by atoms with E-state index >= 15 is 0 Å². The third-order valence-electron chi connectivity index (χ3n) is 5.09. The fourth-order valence-corrected chi connectivity index (χ4v) is 4.44. The number of rotatable bonds is 3. The molecule has 0 spiro atoms. The Bertz CT molecular complexity index is 635. The van der Waals surface area contributed by atoms with Crippen molar-refractivity contribution in [3.8, 4) is 6.07 Å². The third kappa shape index (κ3) is 3.78. The number of hydrogen-bond donors (Lipinski definition) is 0. The summed E-state index contributed by atoms with van der Waals surface area (Å²) in [5.74, 6) is 0.707. The Morgan fingerprint density at radius 1 is 1.12 bits per heavy atom. The summed E-state index contributed by atoms with van der Waals surface area (Å²) in [6.07, 6.45) is 6.83. The van der Waals surface area contributed by atoms with Gasteiger partial charge >= 0.3 is 0 Å². The van der Waals surface area contributed by atoms with Gasteiger partial charge in [-0.3, -0.25) is 9.59 Å². The molecule has 128 valence electrons. The van der Waals surface area contributed by atoms with Gasteiger partial charge in [-0.25, -0.2) is 0 Å². The van der Waals surface area contributed by atoms with E-state index in [2.05, 4.69) is 6.07 Å². The lowest BCUT2D eigenvalue weighted by molar-refractivity contribution is -0.133. The topological polar surface area (TPSA) is 64.4 Å². The lowest BCUT2D eigenvalue weighted by Gasteiger charge is -2.35. The SMILES string of the molecule is N#Cc1ccsc1C(=O)N1CCN(C(=O)CC2CCCCC2)CC1. The van der Waals surface area contributed by atoms with Crippen LogP contribution in [0.4, 0.5) is 0 Å². The summed E-state index contributed by atoms with van der Waals surface area (Å²) in [5, 5.41) is 10.8. The summed E-state index contributed by atoms with van der Waals surface area (Å²) in [6, 6.07) is 3.75. The smallest absolute Gasteiger partial charge is 0.265 e. The van der Waals surface area contributed by atoms with Gasteiger partial charge in [-0.2, -0.15) is 5.26 Å². The number of nitrogens with zero attached hydrogens (tertiary/aromatic N) is 3. The second kappa shape index (κ2) is 7.80. The molecule has 0 N–H and O–H groups in total. The van der Waals surface area contributed by atoms with Crippen LogP contribution in [0.3, 0.4) is 0 Å². The normalized spacial score (nSPS) is 19.1. The molecule has 2 amide bonds. The molecule has 1 aliphatic carbocycles. The van der Waals surface area contributed by atoms with Crippen LogP contribution in [0.25, 0.3) is 0 Å². The molecule has 1 saturated carbocycles. The maximum Gasteiger partial charge on any atom is 0.265 e. The molecule has 0 atom stereocenters. The van der Waals surface area contributed by atoms with Gasteiger partial charge in [-0.15, -0.1) is 11.3 Å². The third-order valence-corrected chi connectivity index (χ3v) is 5.99. The Morgan fingerprint density at radius 2 is 1.79 bits per heavy atom. The molecule has 1 aromatic heterocycles.